The lowest BCUT2D eigenvalue weighted by atomic mass is 9.53. The summed E-state index contributed by atoms with van der Waals surface area (Å²) in [5, 5.41) is 9.46. The predicted molar refractivity (Wildman–Crippen MR) is 167 cm³/mol. The van der Waals surface area contributed by atoms with Gasteiger partial charge in [0.1, 0.15) is 12.1 Å². The molecule has 0 spiro atoms. The molecular weight excluding hydrogens is 570 g/mol. The second-order valence-electron chi connectivity index (χ2n) is 16.9. The highest BCUT2D eigenvalue weighted by Gasteiger charge is 2.70. The Morgan fingerprint density at radius 2 is 1.47 bits per heavy atom. The van der Waals surface area contributed by atoms with E-state index in [1.165, 1.54) is 19.3 Å². The number of primary amides is 1. The van der Waals surface area contributed by atoms with Gasteiger partial charge in [-0.3, -0.25) is 19.2 Å². The Bertz CT molecular complexity index is 1200. The van der Waals surface area contributed by atoms with E-state index in [0.717, 1.165) is 70.6 Å². The van der Waals surface area contributed by atoms with Crippen LogP contribution in [-0.2, 0) is 19.2 Å². The monoisotopic (exact) mass is 623 g/mol. The van der Waals surface area contributed by atoms with Crippen LogP contribution < -0.4 is 21.7 Å². The lowest BCUT2D eigenvalue weighted by Gasteiger charge is -2.56. The number of hydrogen-bond acceptors (Lipinski definition) is 5. The van der Waals surface area contributed by atoms with Crippen LogP contribution in [0.4, 0.5) is 4.79 Å². The SMILES string of the molecule is CC1(C)C2CN(C(=O)[C@@H](NC(=O)NC34CC5CC(CC(C5)C3)C4)C3CCCCC3)[C@H](C(=O)NC(CC3CCC3)C(=O)C(N)=O)C21. The number of likely N-dealkylation sites (tertiary alicyclic amines) is 1. The number of hydrogen-bond donors (Lipinski definition) is 4. The van der Waals surface area contributed by atoms with Crippen molar-refractivity contribution in [1.29, 1.82) is 0 Å². The number of urea groups is 1. The first-order valence-electron chi connectivity index (χ1n) is 18.0. The minimum absolute atomic E-state index is 0.0183. The maximum absolute atomic E-state index is 14.6. The first kappa shape index (κ1) is 31.0. The molecule has 5 amide bonds. The number of nitrogens with one attached hydrogen (secondary N) is 3. The summed E-state index contributed by atoms with van der Waals surface area (Å²) in [4.78, 5) is 68.7. The molecule has 5 N–H and O–H groups in total. The Kier molecular flexibility index (Phi) is 7.95. The van der Waals surface area contributed by atoms with Gasteiger partial charge in [-0.15, -0.1) is 0 Å². The molecule has 0 aromatic carbocycles. The van der Waals surface area contributed by atoms with Crippen LogP contribution in [-0.4, -0.2) is 64.6 Å². The molecule has 1 heterocycles. The molecule has 1 aliphatic heterocycles. The van der Waals surface area contributed by atoms with Crippen molar-refractivity contribution < 1.29 is 24.0 Å². The highest BCUT2D eigenvalue weighted by Crippen LogP contribution is 2.65. The van der Waals surface area contributed by atoms with Crippen molar-refractivity contribution >= 4 is 29.5 Å². The molecule has 5 atom stereocenters. The summed E-state index contributed by atoms with van der Waals surface area (Å²) in [6, 6.07) is -2.68. The maximum atomic E-state index is 14.6. The summed E-state index contributed by atoms with van der Waals surface area (Å²) in [6.07, 6.45) is 15.3. The zero-order valence-electron chi connectivity index (χ0n) is 27.2. The van der Waals surface area contributed by atoms with E-state index in [1.54, 1.807) is 4.90 Å². The summed E-state index contributed by atoms with van der Waals surface area (Å²) in [6.45, 7) is 4.70. The van der Waals surface area contributed by atoms with Gasteiger partial charge in [0.15, 0.2) is 0 Å². The van der Waals surface area contributed by atoms with Crippen LogP contribution in [0.15, 0.2) is 0 Å². The van der Waals surface area contributed by atoms with Crippen LogP contribution in [0, 0.1) is 46.8 Å². The number of ketones is 1. The predicted octanol–water partition coefficient (Wildman–Crippen LogP) is 3.42. The number of carbonyl (C=O) groups is 5. The largest absolute Gasteiger partial charge is 0.363 e. The number of nitrogens with zero attached hydrogens (tertiary/aromatic N) is 1. The van der Waals surface area contributed by atoms with Gasteiger partial charge in [-0.1, -0.05) is 52.4 Å². The fourth-order valence-electron chi connectivity index (χ4n) is 11.2. The van der Waals surface area contributed by atoms with Crippen molar-refractivity contribution in [3.05, 3.63) is 0 Å². The normalized spacial score (nSPS) is 37.6. The van der Waals surface area contributed by atoms with Crippen molar-refractivity contribution in [3.63, 3.8) is 0 Å². The Balaban J connectivity index is 1.09. The fourth-order valence-corrected chi connectivity index (χ4v) is 11.2. The zero-order chi connectivity index (χ0) is 31.7. The molecule has 8 fully saturated rings. The van der Waals surface area contributed by atoms with Crippen molar-refractivity contribution in [1.82, 2.24) is 20.9 Å². The summed E-state index contributed by atoms with van der Waals surface area (Å²) in [5.74, 6) is 0.105. The molecule has 8 aliphatic rings. The minimum Gasteiger partial charge on any atom is -0.363 e. The lowest BCUT2D eigenvalue weighted by Crippen LogP contribution is -2.64. The summed E-state index contributed by atoms with van der Waals surface area (Å²) >= 11 is 0. The van der Waals surface area contributed by atoms with Gasteiger partial charge in [0.25, 0.3) is 5.91 Å². The van der Waals surface area contributed by atoms with Gasteiger partial charge in [-0.25, -0.2) is 4.79 Å². The van der Waals surface area contributed by atoms with Gasteiger partial charge in [-0.05, 0) is 105 Å². The Morgan fingerprint density at radius 3 is 2.02 bits per heavy atom. The first-order valence-corrected chi connectivity index (χ1v) is 18.0. The number of carbonyl (C=O) groups excluding carboxylic acids is 5. The molecule has 1 saturated heterocycles. The topological polar surface area (TPSA) is 151 Å². The van der Waals surface area contributed by atoms with E-state index in [9.17, 15) is 24.0 Å². The average Bonchev–Trinajstić information content (AvgIpc) is 3.27. The third-order valence-corrected chi connectivity index (χ3v) is 13.5. The van der Waals surface area contributed by atoms with E-state index in [0.29, 0.717) is 30.7 Å². The molecule has 7 aliphatic carbocycles. The highest BCUT2D eigenvalue weighted by atomic mass is 16.2. The Labute approximate surface area is 267 Å². The molecule has 0 aromatic rings. The molecule has 248 valence electrons. The van der Waals surface area contributed by atoms with Crippen molar-refractivity contribution in [2.75, 3.05) is 6.54 Å². The summed E-state index contributed by atoms with van der Waals surface area (Å²) in [7, 11) is 0. The summed E-state index contributed by atoms with van der Waals surface area (Å²) in [5.41, 5.74) is 5.11. The van der Waals surface area contributed by atoms with E-state index < -0.39 is 29.8 Å². The van der Waals surface area contributed by atoms with Gasteiger partial charge in [0, 0.05) is 12.1 Å². The highest BCUT2D eigenvalue weighted by molar-refractivity contribution is 6.37. The Morgan fingerprint density at radius 1 is 0.844 bits per heavy atom. The van der Waals surface area contributed by atoms with Crippen molar-refractivity contribution in [3.8, 4) is 0 Å². The number of fused-ring (bicyclic) bond motifs is 1. The molecule has 7 saturated carbocycles. The number of rotatable bonds is 10. The summed E-state index contributed by atoms with van der Waals surface area (Å²) < 4.78 is 0. The van der Waals surface area contributed by atoms with E-state index in [1.807, 2.05) is 0 Å². The molecule has 8 rings (SSSR count). The molecule has 4 bridgehead atoms. The van der Waals surface area contributed by atoms with E-state index >= 15 is 0 Å². The van der Waals surface area contributed by atoms with Gasteiger partial charge in [-0.2, -0.15) is 0 Å². The van der Waals surface area contributed by atoms with Crippen LogP contribution in [0.1, 0.15) is 110 Å². The first-order chi connectivity index (χ1) is 21.4. The standard InChI is InChI=1S/C35H53N5O5/c1-34(2)24-18-40(28(26(24)34)31(43)37-25(29(41)30(36)42)14-19-7-6-8-19)32(44)27(23-9-4-3-5-10-23)38-33(45)39-35-15-20-11-21(16-35)13-22(12-20)17-35/h19-28H,3-18H2,1-2H3,(H2,36,42)(H,37,43)(H2,38,39,45)/t20?,21?,22?,24?,25?,26?,27-,28-,35?/m0/s1. The number of Topliss-reactive ketones (excluding diaryl/α,β-unsaturated/α-hetero) is 1. The second-order valence-corrected chi connectivity index (χ2v) is 16.9. The molecule has 45 heavy (non-hydrogen) atoms. The molecule has 0 aromatic heterocycles. The van der Waals surface area contributed by atoms with Crippen molar-refractivity contribution in [2.45, 2.75) is 134 Å². The zero-order valence-corrected chi connectivity index (χ0v) is 27.2. The van der Waals surface area contributed by atoms with Gasteiger partial charge in [0.2, 0.25) is 17.6 Å². The maximum Gasteiger partial charge on any atom is 0.315 e. The second kappa shape index (κ2) is 11.5. The van der Waals surface area contributed by atoms with Crippen LogP contribution in [0.3, 0.4) is 0 Å². The third kappa shape index (κ3) is 5.77. The van der Waals surface area contributed by atoms with Crippen LogP contribution in [0.2, 0.25) is 0 Å². The molecule has 10 heteroatoms. The molecular formula is C35H53N5O5. The molecule has 10 nitrogen and oxygen atoms in total. The van der Waals surface area contributed by atoms with Crippen LogP contribution in [0.25, 0.3) is 0 Å². The smallest absolute Gasteiger partial charge is 0.315 e. The minimum atomic E-state index is -1.05. The number of piperidine rings is 1. The number of amides is 5. The van der Waals surface area contributed by atoms with Crippen molar-refractivity contribution in [2.24, 2.45) is 52.6 Å². The van der Waals surface area contributed by atoms with E-state index in [-0.39, 0.29) is 52.5 Å². The van der Waals surface area contributed by atoms with Crippen LogP contribution in [0.5, 0.6) is 0 Å². The Hall–Kier alpha value is -2.65. The molecule has 0 radical (unpaired) electrons. The van der Waals surface area contributed by atoms with E-state index in [2.05, 4.69) is 29.8 Å². The number of nitrogens with two attached hydrogens (primary N) is 1. The fraction of sp³-hybridized carbons (Fsp3) is 0.857. The average molecular weight is 624 g/mol. The van der Waals surface area contributed by atoms with Gasteiger partial charge < -0.3 is 26.6 Å². The van der Waals surface area contributed by atoms with Gasteiger partial charge in [0.05, 0.1) is 6.04 Å². The van der Waals surface area contributed by atoms with E-state index in [4.69, 9.17) is 5.73 Å². The quantitative estimate of drug-likeness (QED) is 0.275. The van der Waals surface area contributed by atoms with Gasteiger partial charge >= 0.3 is 6.03 Å². The third-order valence-electron chi connectivity index (χ3n) is 13.5. The lowest BCUT2D eigenvalue weighted by molar-refractivity contribution is -0.144. The molecule has 3 unspecified atom stereocenters. The van der Waals surface area contributed by atoms with Crippen LogP contribution >= 0.6 is 0 Å².